The van der Waals surface area contributed by atoms with E-state index in [9.17, 15) is 13.2 Å². The molecule has 9 heteroatoms. The van der Waals surface area contributed by atoms with Crippen molar-refractivity contribution >= 4 is 44.6 Å². The zero-order chi connectivity index (χ0) is 18.0. The summed E-state index contributed by atoms with van der Waals surface area (Å²) in [5.41, 5.74) is 1.28. The number of hydrogen-bond acceptors (Lipinski definition) is 6. The first kappa shape index (κ1) is 17.5. The molecule has 0 radical (unpaired) electrons. The Balaban J connectivity index is 1.94. The molecular weight excluding hydrogens is 382 g/mol. The molecule has 1 aromatic heterocycles. The van der Waals surface area contributed by atoms with Crippen LogP contribution < -0.4 is 5.32 Å². The van der Waals surface area contributed by atoms with Crippen LogP contribution in [0.5, 0.6) is 0 Å². The molecule has 1 N–H and O–H groups in total. The van der Waals surface area contributed by atoms with Crippen LogP contribution in [0.2, 0.25) is 5.02 Å². The van der Waals surface area contributed by atoms with Crippen LogP contribution in [0.4, 0.5) is 5.69 Å². The maximum atomic E-state index is 12.7. The zero-order valence-corrected chi connectivity index (χ0v) is 15.3. The molecule has 0 saturated heterocycles. The van der Waals surface area contributed by atoms with E-state index >= 15 is 0 Å². The minimum atomic E-state index is -3.91. The van der Waals surface area contributed by atoms with Crippen LogP contribution >= 0.6 is 23.1 Å². The van der Waals surface area contributed by atoms with Gasteiger partial charge in [0.1, 0.15) is 0 Å². The number of aryl methyl sites for hydroxylation is 1. The van der Waals surface area contributed by atoms with Crippen molar-refractivity contribution in [3.8, 4) is 0 Å². The molecule has 25 heavy (non-hydrogen) atoms. The lowest BCUT2D eigenvalue weighted by Gasteiger charge is -2.06. The topological polar surface area (TPSA) is 89.0 Å². The highest BCUT2D eigenvalue weighted by atomic mass is 35.5. The van der Waals surface area contributed by atoms with Crippen LogP contribution in [-0.4, -0.2) is 23.9 Å². The van der Waals surface area contributed by atoms with Gasteiger partial charge in [0.2, 0.25) is 9.84 Å². The highest BCUT2D eigenvalue weighted by Crippen LogP contribution is 2.27. The van der Waals surface area contributed by atoms with E-state index in [-0.39, 0.29) is 14.8 Å². The van der Waals surface area contributed by atoms with E-state index < -0.39 is 15.7 Å². The van der Waals surface area contributed by atoms with Crippen molar-refractivity contribution in [2.45, 2.75) is 16.0 Å². The highest BCUT2D eigenvalue weighted by molar-refractivity contribution is 7.93. The van der Waals surface area contributed by atoms with E-state index in [0.717, 1.165) is 5.56 Å². The van der Waals surface area contributed by atoms with Gasteiger partial charge in [-0.05, 0) is 48.9 Å². The van der Waals surface area contributed by atoms with Gasteiger partial charge in [-0.1, -0.05) is 28.2 Å². The fraction of sp³-hybridized carbons (Fsp3) is 0.0625. The summed E-state index contributed by atoms with van der Waals surface area (Å²) < 4.78 is 28.9. The third-order valence-electron chi connectivity index (χ3n) is 3.32. The lowest BCUT2D eigenvalue weighted by Crippen LogP contribution is -2.16. The van der Waals surface area contributed by atoms with E-state index in [0.29, 0.717) is 22.2 Å². The summed E-state index contributed by atoms with van der Waals surface area (Å²) in [7, 11) is -3.91. The summed E-state index contributed by atoms with van der Waals surface area (Å²) in [5, 5.41) is 6.75. The maximum Gasteiger partial charge on any atom is 0.278 e. The lowest BCUT2D eigenvalue weighted by atomic mass is 10.2. The Kier molecular flexibility index (Phi) is 4.85. The Morgan fingerprint density at radius 3 is 2.56 bits per heavy atom. The molecule has 0 aliphatic heterocycles. The number of amides is 1. The molecule has 0 unspecified atom stereocenters. The summed E-state index contributed by atoms with van der Waals surface area (Å²) >= 11 is 6.45. The van der Waals surface area contributed by atoms with Crippen molar-refractivity contribution in [3.05, 3.63) is 64.8 Å². The second kappa shape index (κ2) is 6.91. The van der Waals surface area contributed by atoms with Crippen LogP contribution in [-0.2, 0) is 9.84 Å². The van der Waals surface area contributed by atoms with E-state index in [4.69, 9.17) is 11.6 Å². The van der Waals surface area contributed by atoms with Gasteiger partial charge in [-0.25, -0.2) is 8.42 Å². The Morgan fingerprint density at radius 1 is 1.16 bits per heavy atom. The van der Waals surface area contributed by atoms with Crippen LogP contribution in [0.25, 0.3) is 0 Å². The van der Waals surface area contributed by atoms with Gasteiger partial charge in [0.15, 0.2) is 9.90 Å². The second-order valence-electron chi connectivity index (χ2n) is 5.19. The average Bonchev–Trinajstić information content (AvgIpc) is 3.06. The molecule has 1 amide bonds. The van der Waals surface area contributed by atoms with E-state index in [1.807, 2.05) is 13.0 Å². The SMILES string of the molecule is Cc1cccc(NC(=O)c2nnsc2S(=O)(=O)c2ccc(Cl)cc2)c1. The summed E-state index contributed by atoms with van der Waals surface area (Å²) in [6.45, 7) is 1.89. The van der Waals surface area contributed by atoms with Gasteiger partial charge in [-0.15, -0.1) is 5.10 Å². The Hall–Kier alpha value is -2.29. The smallest absolute Gasteiger partial charge is 0.278 e. The molecule has 2 aromatic carbocycles. The fourth-order valence-electron chi connectivity index (χ4n) is 2.13. The highest BCUT2D eigenvalue weighted by Gasteiger charge is 2.29. The molecule has 0 aliphatic rings. The van der Waals surface area contributed by atoms with E-state index in [1.54, 1.807) is 18.2 Å². The number of carbonyl (C=O) groups is 1. The Labute approximate surface area is 153 Å². The summed E-state index contributed by atoms with van der Waals surface area (Å²) in [5.74, 6) is -0.633. The second-order valence-corrected chi connectivity index (χ2v) is 8.53. The van der Waals surface area contributed by atoms with Crippen molar-refractivity contribution in [1.29, 1.82) is 0 Å². The Bertz CT molecular complexity index is 1030. The number of nitrogens with zero attached hydrogens (tertiary/aromatic N) is 2. The van der Waals surface area contributed by atoms with Gasteiger partial charge in [0.05, 0.1) is 4.90 Å². The lowest BCUT2D eigenvalue weighted by molar-refractivity contribution is 0.101. The third-order valence-corrected chi connectivity index (χ3v) is 6.55. The molecule has 1 heterocycles. The van der Waals surface area contributed by atoms with E-state index in [1.165, 1.54) is 24.3 Å². The van der Waals surface area contributed by atoms with Crippen molar-refractivity contribution in [1.82, 2.24) is 9.59 Å². The quantitative estimate of drug-likeness (QED) is 0.731. The van der Waals surface area contributed by atoms with Gasteiger partial charge in [0.25, 0.3) is 5.91 Å². The normalized spacial score (nSPS) is 11.3. The monoisotopic (exact) mass is 393 g/mol. The molecule has 0 fully saturated rings. The number of anilines is 1. The van der Waals surface area contributed by atoms with Gasteiger partial charge in [-0.3, -0.25) is 4.79 Å². The van der Waals surface area contributed by atoms with E-state index in [2.05, 4.69) is 14.9 Å². The summed E-state index contributed by atoms with van der Waals surface area (Å²) in [6, 6.07) is 12.8. The number of benzene rings is 2. The maximum absolute atomic E-state index is 12.7. The van der Waals surface area contributed by atoms with Crippen molar-refractivity contribution in [2.75, 3.05) is 5.32 Å². The number of nitrogens with one attached hydrogen (secondary N) is 1. The van der Waals surface area contributed by atoms with Crippen LogP contribution in [0.15, 0.2) is 57.6 Å². The number of aromatic nitrogens is 2. The van der Waals surface area contributed by atoms with Crippen LogP contribution in [0.3, 0.4) is 0 Å². The van der Waals surface area contributed by atoms with Gasteiger partial charge < -0.3 is 5.32 Å². The van der Waals surface area contributed by atoms with Crippen molar-refractivity contribution in [2.24, 2.45) is 0 Å². The molecule has 0 aliphatic carbocycles. The molecule has 0 bridgehead atoms. The Morgan fingerprint density at radius 2 is 1.88 bits per heavy atom. The first-order valence-electron chi connectivity index (χ1n) is 7.09. The molecule has 3 rings (SSSR count). The minimum absolute atomic E-state index is 0.0209. The molecule has 0 spiro atoms. The standard InChI is InChI=1S/C16H12ClN3O3S2/c1-10-3-2-4-12(9-10)18-15(21)14-16(24-20-19-14)25(22,23)13-7-5-11(17)6-8-13/h2-9H,1H3,(H,18,21). The third kappa shape index (κ3) is 3.71. The first-order chi connectivity index (χ1) is 11.9. The van der Waals surface area contributed by atoms with Gasteiger partial charge >= 0.3 is 0 Å². The van der Waals surface area contributed by atoms with Crippen LogP contribution in [0.1, 0.15) is 16.1 Å². The van der Waals surface area contributed by atoms with Crippen molar-refractivity contribution < 1.29 is 13.2 Å². The molecule has 0 atom stereocenters. The van der Waals surface area contributed by atoms with Gasteiger partial charge in [0, 0.05) is 22.2 Å². The van der Waals surface area contributed by atoms with Crippen molar-refractivity contribution in [3.63, 3.8) is 0 Å². The molecular formula is C16H12ClN3O3S2. The predicted molar refractivity (Wildman–Crippen MR) is 95.9 cm³/mol. The fourth-order valence-corrected chi connectivity index (χ4v) is 4.55. The molecule has 0 saturated carbocycles. The number of sulfone groups is 1. The number of carbonyl (C=O) groups excluding carboxylic acids is 1. The largest absolute Gasteiger partial charge is 0.321 e. The first-order valence-corrected chi connectivity index (χ1v) is 9.72. The average molecular weight is 394 g/mol. The number of rotatable bonds is 4. The zero-order valence-electron chi connectivity index (χ0n) is 12.9. The predicted octanol–water partition coefficient (Wildman–Crippen LogP) is 3.59. The summed E-state index contributed by atoms with van der Waals surface area (Å²) in [6.07, 6.45) is 0. The summed E-state index contributed by atoms with van der Waals surface area (Å²) in [4.78, 5) is 12.5. The molecule has 6 nitrogen and oxygen atoms in total. The number of halogens is 1. The number of hydrogen-bond donors (Lipinski definition) is 1. The van der Waals surface area contributed by atoms with Gasteiger partial charge in [-0.2, -0.15) is 0 Å². The van der Waals surface area contributed by atoms with Crippen LogP contribution in [0, 0.1) is 6.92 Å². The molecule has 128 valence electrons. The molecule has 3 aromatic rings. The minimum Gasteiger partial charge on any atom is -0.321 e.